The van der Waals surface area contributed by atoms with E-state index in [9.17, 15) is 14.7 Å². The third-order valence-corrected chi connectivity index (χ3v) is 6.16. The van der Waals surface area contributed by atoms with Gasteiger partial charge in [-0.05, 0) is 58.5 Å². The molecule has 19 heavy (non-hydrogen) atoms. The van der Waals surface area contributed by atoms with Crippen molar-refractivity contribution in [2.24, 2.45) is 17.8 Å². The number of carboxylic acids is 1. The van der Waals surface area contributed by atoms with Crippen LogP contribution in [0.25, 0.3) is 0 Å². The highest BCUT2D eigenvalue weighted by molar-refractivity contribution is 9.10. The summed E-state index contributed by atoms with van der Waals surface area (Å²) >= 11 is 4.70. The summed E-state index contributed by atoms with van der Waals surface area (Å²) in [5.74, 6) is -0.789. The smallest absolute Gasteiger partial charge is 0.308 e. The Hall–Kier alpha value is -0.880. The summed E-state index contributed by atoms with van der Waals surface area (Å²) < 4.78 is 0.769. The SMILES string of the molecule is O=C(N[C@@H]1[C@H]2CC[C@@H](C2)[C@H]1C(=O)O)c1sccc1Br. The molecule has 2 aliphatic rings. The molecule has 2 saturated carbocycles. The normalized spacial score (nSPS) is 32.5. The number of aliphatic carboxylic acids is 1. The van der Waals surface area contributed by atoms with Crippen LogP contribution in [-0.2, 0) is 4.79 Å². The summed E-state index contributed by atoms with van der Waals surface area (Å²) in [6, 6.07) is 1.62. The van der Waals surface area contributed by atoms with Gasteiger partial charge < -0.3 is 10.4 Å². The number of hydrogen-bond acceptors (Lipinski definition) is 3. The standard InChI is InChI=1S/C13H14BrNO3S/c14-8-3-4-19-11(8)12(16)15-10-7-2-1-6(5-7)9(10)13(17)18/h3-4,6-7,9-10H,1-2,5H2,(H,15,16)(H,17,18)/t6-,7-,9+,10+/m0/s1. The average Bonchev–Trinajstić information content (AvgIpc) is 3.03. The number of carbonyl (C=O) groups is 2. The number of amides is 1. The van der Waals surface area contributed by atoms with Crippen molar-refractivity contribution < 1.29 is 14.7 Å². The van der Waals surface area contributed by atoms with Crippen molar-refractivity contribution in [2.45, 2.75) is 25.3 Å². The highest BCUT2D eigenvalue weighted by atomic mass is 79.9. The summed E-state index contributed by atoms with van der Waals surface area (Å²) in [6.07, 6.45) is 2.95. The van der Waals surface area contributed by atoms with Crippen LogP contribution in [0.3, 0.4) is 0 Å². The highest BCUT2D eigenvalue weighted by Crippen LogP contribution is 2.48. The van der Waals surface area contributed by atoms with Gasteiger partial charge in [0.1, 0.15) is 4.88 Å². The Morgan fingerprint density at radius 2 is 2.11 bits per heavy atom. The molecule has 0 aromatic carbocycles. The molecule has 2 N–H and O–H groups in total. The van der Waals surface area contributed by atoms with Crippen molar-refractivity contribution in [2.75, 3.05) is 0 Å². The van der Waals surface area contributed by atoms with Crippen LogP contribution in [-0.4, -0.2) is 23.0 Å². The second kappa shape index (κ2) is 4.90. The fourth-order valence-electron chi connectivity index (χ4n) is 3.53. The first-order chi connectivity index (χ1) is 9.08. The molecule has 0 aliphatic heterocycles. The number of carbonyl (C=O) groups excluding carboxylic acids is 1. The minimum Gasteiger partial charge on any atom is -0.481 e. The van der Waals surface area contributed by atoms with Gasteiger partial charge in [0.15, 0.2) is 0 Å². The van der Waals surface area contributed by atoms with E-state index in [0.717, 1.165) is 23.7 Å². The van der Waals surface area contributed by atoms with Gasteiger partial charge in [-0.3, -0.25) is 9.59 Å². The molecule has 2 aliphatic carbocycles. The van der Waals surface area contributed by atoms with E-state index in [0.29, 0.717) is 10.8 Å². The van der Waals surface area contributed by atoms with Crippen LogP contribution in [0.15, 0.2) is 15.9 Å². The Bertz CT molecular complexity index is 530. The van der Waals surface area contributed by atoms with E-state index in [1.807, 2.05) is 11.4 Å². The van der Waals surface area contributed by atoms with Crippen LogP contribution in [0.5, 0.6) is 0 Å². The van der Waals surface area contributed by atoms with Gasteiger partial charge in [-0.15, -0.1) is 11.3 Å². The van der Waals surface area contributed by atoms with E-state index in [2.05, 4.69) is 21.2 Å². The summed E-state index contributed by atoms with van der Waals surface area (Å²) in [5, 5.41) is 14.1. The molecule has 102 valence electrons. The molecular formula is C13H14BrNO3S. The first kappa shape index (κ1) is 13.1. The van der Waals surface area contributed by atoms with E-state index in [-0.39, 0.29) is 17.9 Å². The van der Waals surface area contributed by atoms with Crippen molar-refractivity contribution in [3.05, 3.63) is 20.8 Å². The molecule has 0 saturated heterocycles. The van der Waals surface area contributed by atoms with Gasteiger partial charge in [0.2, 0.25) is 0 Å². The lowest BCUT2D eigenvalue weighted by atomic mass is 9.84. The van der Waals surface area contributed by atoms with Crippen LogP contribution in [0.4, 0.5) is 0 Å². The fourth-order valence-corrected chi connectivity index (χ4v) is 4.98. The molecule has 2 fully saturated rings. The molecule has 0 spiro atoms. The zero-order chi connectivity index (χ0) is 13.6. The maximum absolute atomic E-state index is 12.2. The van der Waals surface area contributed by atoms with Gasteiger partial charge in [-0.2, -0.15) is 0 Å². The van der Waals surface area contributed by atoms with Crippen LogP contribution < -0.4 is 5.32 Å². The van der Waals surface area contributed by atoms with Gasteiger partial charge in [-0.25, -0.2) is 0 Å². The molecule has 1 amide bonds. The van der Waals surface area contributed by atoms with E-state index < -0.39 is 11.9 Å². The molecular weight excluding hydrogens is 330 g/mol. The number of halogens is 1. The van der Waals surface area contributed by atoms with Crippen LogP contribution in [0.2, 0.25) is 0 Å². The molecule has 2 bridgehead atoms. The Kier molecular flexibility index (Phi) is 3.39. The number of nitrogens with one attached hydrogen (secondary N) is 1. The predicted octanol–water partition coefficient (Wildman–Crippen LogP) is 2.74. The van der Waals surface area contributed by atoms with E-state index in [1.54, 1.807) is 0 Å². The lowest BCUT2D eigenvalue weighted by molar-refractivity contribution is -0.144. The van der Waals surface area contributed by atoms with Gasteiger partial charge in [0.25, 0.3) is 5.91 Å². The quantitative estimate of drug-likeness (QED) is 0.886. The fraction of sp³-hybridized carbons (Fsp3) is 0.538. The third kappa shape index (κ3) is 2.21. The van der Waals surface area contributed by atoms with Crippen molar-refractivity contribution >= 4 is 39.1 Å². The first-order valence-electron chi connectivity index (χ1n) is 6.34. The lowest BCUT2D eigenvalue weighted by Gasteiger charge is -2.28. The zero-order valence-electron chi connectivity index (χ0n) is 10.1. The highest BCUT2D eigenvalue weighted by Gasteiger charge is 2.51. The number of thiophene rings is 1. The van der Waals surface area contributed by atoms with Crippen LogP contribution in [0.1, 0.15) is 28.9 Å². The third-order valence-electron chi connectivity index (χ3n) is 4.32. The summed E-state index contributed by atoms with van der Waals surface area (Å²) in [7, 11) is 0. The zero-order valence-corrected chi connectivity index (χ0v) is 12.5. The van der Waals surface area contributed by atoms with Crippen molar-refractivity contribution in [3.63, 3.8) is 0 Å². The average molecular weight is 344 g/mol. The largest absolute Gasteiger partial charge is 0.481 e. The molecule has 4 nitrogen and oxygen atoms in total. The topological polar surface area (TPSA) is 66.4 Å². The molecule has 4 atom stereocenters. The number of rotatable bonds is 3. The van der Waals surface area contributed by atoms with E-state index >= 15 is 0 Å². The number of carboxylic acid groups (broad SMARTS) is 1. The first-order valence-corrected chi connectivity index (χ1v) is 8.02. The number of fused-ring (bicyclic) bond motifs is 2. The Labute approximate surface area is 123 Å². The summed E-state index contributed by atoms with van der Waals surface area (Å²) in [5.41, 5.74) is 0. The summed E-state index contributed by atoms with van der Waals surface area (Å²) in [4.78, 5) is 24.2. The maximum Gasteiger partial charge on any atom is 0.308 e. The predicted molar refractivity (Wildman–Crippen MR) is 75.2 cm³/mol. The maximum atomic E-state index is 12.2. The molecule has 0 radical (unpaired) electrons. The van der Waals surface area contributed by atoms with E-state index in [4.69, 9.17) is 0 Å². The van der Waals surface area contributed by atoms with Crippen LogP contribution in [0, 0.1) is 17.8 Å². The Morgan fingerprint density at radius 1 is 1.37 bits per heavy atom. The van der Waals surface area contributed by atoms with Crippen molar-refractivity contribution in [1.29, 1.82) is 0 Å². The molecule has 0 unspecified atom stereocenters. The molecule has 1 aromatic rings. The van der Waals surface area contributed by atoms with Crippen molar-refractivity contribution in [1.82, 2.24) is 5.32 Å². The molecule has 6 heteroatoms. The van der Waals surface area contributed by atoms with Crippen molar-refractivity contribution in [3.8, 4) is 0 Å². The minimum atomic E-state index is -0.775. The monoisotopic (exact) mass is 343 g/mol. The van der Waals surface area contributed by atoms with Gasteiger partial charge in [0.05, 0.1) is 5.92 Å². The van der Waals surface area contributed by atoms with Gasteiger partial charge in [0, 0.05) is 10.5 Å². The molecule has 1 heterocycles. The van der Waals surface area contributed by atoms with Gasteiger partial charge in [-0.1, -0.05) is 0 Å². The molecule has 3 rings (SSSR count). The second-order valence-corrected chi connectivity index (χ2v) is 7.06. The lowest BCUT2D eigenvalue weighted by Crippen LogP contribution is -2.46. The Morgan fingerprint density at radius 3 is 2.74 bits per heavy atom. The number of hydrogen-bond donors (Lipinski definition) is 2. The van der Waals surface area contributed by atoms with Crippen LogP contribution >= 0.6 is 27.3 Å². The molecule has 1 aromatic heterocycles. The minimum absolute atomic E-state index is 0.161. The Balaban J connectivity index is 1.77. The summed E-state index contributed by atoms with van der Waals surface area (Å²) in [6.45, 7) is 0. The second-order valence-electron chi connectivity index (χ2n) is 5.29. The van der Waals surface area contributed by atoms with E-state index in [1.165, 1.54) is 11.3 Å². The van der Waals surface area contributed by atoms with Gasteiger partial charge >= 0.3 is 5.97 Å².